The molecule has 0 radical (unpaired) electrons. The van der Waals surface area contributed by atoms with Crippen LogP contribution in [0.25, 0.3) is 0 Å². The molecule has 0 bridgehead atoms. The quantitative estimate of drug-likeness (QED) is 0.849. The van der Waals surface area contributed by atoms with Crippen molar-refractivity contribution in [2.45, 2.75) is 24.3 Å². The van der Waals surface area contributed by atoms with Crippen molar-refractivity contribution >= 4 is 33.2 Å². The van der Waals surface area contributed by atoms with Gasteiger partial charge in [0, 0.05) is 11.8 Å². The van der Waals surface area contributed by atoms with Gasteiger partial charge in [0.2, 0.25) is 10.0 Å². The van der Waals surface area contributed by atoms with Crippen molar-refractivity contribution in [2.75, 3.05) is 11.8 Å². The standard InChI is InChI=1S/C11H14Cl2FNO2S/c1-8-5-9(14)3-4-10(8)18(16,17)15-11(2,6-12)7-13/h3-5,15H,6-7H2,1-2H3. The summed E-state index contributed by atoms with van der Waals surface area (Å²) in [7, 11) is -3.78. The van der Waals surface area contributed by atoms with Gasteiger partial charge in [-0.2, -0.15) is 0 Å². The minimum atomic E-state index is -3.78. The van der Waals surface area contributed by atoms with E-state index in [1.165, 1.54) is 13.0 Å². The van der Waals surface area contributed by atoms with E-state index in [-0.39, 0.29) is 16.7 Å². The molecule has 0 unspecified atom stereocenters. The fourth-order valence-corrected chi connectivity index (χ4v) is 3.59. The van der Waals surface area contributed by atoms with Crippen LogP contribution in [0.3, 0.4) is 0 Å². The summed E-state index contributed by atoms with van der Waals surface area (Å²) in [5.74, 6) is -0.407. The van der Waals surface area contributed by atoms with Gasteiger partial charge < -0.3 is 0 Å². The van der Waals surface area contributed by atoms with Crippen LogP contribution in [0.15, 0.2) is 23.1 Å². The molecule has 0 saturated heterocycles. The average molecular weight is 314 g/mol. The molecule has 0 spiro atoms. The highest BCUT2D eigenvalue weighted by molar-refractivity contribution is 7.89. The van der Waals surface area contributed by atoms with Gasteiger partial charge in [-0.3, -0.25) is 0 Å². The summed E-state index contributed by atoms with van der Waals surface area (Å²) in [6.07, 6.45) is 0. The Hall–Kier alpha value is -0.360. The van der Waals surface area contributed by atoms with E-state index in [0.29, 0.717) is 5.56 Å². The Morgan fingerprint density at radius 3 is 2.33 bits per heavy atom. The van der Waals surface area contributed by atoms with E-state index in [4.69, 9.17) is 23.2 Å². The first kappa shape index (κ1) is 15.7. The highest BCUT2D eigenvalue weighted by atomic mass is 35.5. The molecule has 1 aromatic carbocycles. The second-order valence-corrected chi connectivity index (χ2v) is 6.53. The maximum absolute atomic E-state index is 12.9. The maximum atomic E-state index is 12.9. The number of halogens is 3. The minimum Gasteiger partial charge on any atom is -0.207 e. The first-order chi connectivity index (χ1) is 8.24. The van der Waals surface area contributed by atoms with E-state index in [2.05, 4.69) is 4.72 Å². The lowest BCUT2D eigenvalue weighted by Gasteiger charge is -2.25. The number of sulfonamides is 1. The highest BCUT2D eigenvalue weighted by Crippen LogP contribution is 2.19. The van der Waals surface area contributed by atoms with Crippen molar-refractivity contribution in [3.05, 3.63) is 29.6 Å². The summed E-state index contributed by atoms with van der Waals surface area (Å²) in [6, 6.07) is 3.48. The van der Waals surface area contributed by atoms with Crippen LogP contribution in [0.5, 0.6) is 0 Å². The van der Waals surface area contributed by atoms with Crippen LogP contribution < -0.4 is 4.72 Å². The second-order valence-electron chi connectivity index (χ2n) is 4.34. The zero-order valence-electron chi connectivity index (χ0n) is 10.0. The molecule has 18 heavy (non-hydrogen) atoms. The molecule has 0 aliphatic heterocycles. The molecule has 1 N–H and O–H groups in total. The Balaban J connectivity index is 3.15. The summed E-state index contributed by atoms with van der Waals surface area (Å²) in [6.45, 7) is 3.12. The highest BCUT2D eigenvalue weighted by Gasteiger charge is 2.30. The van der Waals surface area contributed by atoms with Crippen molar-refractivity contribution in [1.82, 2.24) is 4.72 Å². The largest absolute Gasteiger partial charge is 0.241 e. The Labute approximate surface area is 116 Å². The molecule has 0 aliphatic carbocycles. The van der Waals surface area contributed by atoms with Gasteiger partial charge >= 0.3 is 0 Å². The Bertz CT molecular complexity index is 530. The maximum Gasteiger partial charge on any atom is 0.241 e. The summed E-state index contributed by atoms with van der Waals surface area (Å²) in [5.41, 5.74) is -0.614. The van der Waals surface area contributed by atoms with Gasteiger partial charge in [0.25, 0.3) is 0 Å². The summed E-state index contributed by atoms with van der Waals surface area (Å²) < 4.78 is 39.7. The number of hydrogen-bond donors (Lipinski definition) is 1. The van der Waals surface area contributed by atoms with Gasteiger partial charge in [-0.25, -0.2) is 17.5 Å². The third-order valence-corrected chi connectivity index (χ3v) is 5.38. The van der Waals surface area contributed by atoms with E-state index < -0.39 is 21.4 Å². The van der Waals surface area contributed by atoms with Crippen LogP contribution >= 0.6 is 23.2 Å². The van der Waals surface area contributed by atoms with Crippen LogP contribution in [0.4, 0.5) is 4.39 Å². The van der Waals surface area contributed by atoms with Gasteiger partial charge in [-0.1, -0.05) is 0 Å². The predicted molar refractivity (Wildman–Crippen MR) is 71.3 cm³/mol. The molecular weight excluding hydrogens is 300 g/mol. The van der Waals surface area contributed by atoms with E-state index >= 15 is 0 Å². The molecule has 0 aromatic heterocycles. The van der Waals surface area contributed by atoms with Gasteiger partial charge in [0.05, 0.1) is 10.4 Å². The van der Waals surface area contributed by atoms with E-state index in [1.54, 1.807) is 6.92 Å². The van der Waals surface area contributed by atoms with Crippen molar-refractivity contribution in [2.24, 2.45) is 0 Å². The van der Waals surface area contributed by atoms with Crippen molar-refractivity contribution in [1.29, 1.82) is 0 Å². The fraction of sp³-hybridized carbons (Fsp3) is 0.455. The number of hydrogen-bond acceptors (Lipinski definition) is 2. The molecular formula is C11H14Cl2FNO2S. The SMILES string of the molecule is Cc1cc(F)ccc1S(=O)(=O)NC(C)(CCl)CCl. The second kappa shape index (κ2) is 5.74. The molecule has 0 fully saturated rings. The number of benzene rings is 1. The van der Waals surface area contributed by atoms with E-state index in [0.717, 1.165) is 12.1 Å². The van der Waals surface area contributed by atoms with Crippen LogP contribution in [0.2, 0.25) is 0 Å². The molecule has 0 saturated carbocycles. The normalized spacial score (nSPS) is 12.7. The van der Waals surface area contributed by atoms with Gasteiger partial charge in [-0.15, -0.1) is 23.2 Å². The summed E-state index contributed by atoms with van der Waals surface area (Å²) in [4.78, 5) is 0.0189. The Morgan fingerprint density at radius 2 is 1.89 bits per heavy atom. The van der Waals surface area contributed by atoms with Crippen LogP contribution in [0, 0.1) is 12.7 Å². The van der Waals surface area contributed by atoms with Gasteiger partial charge in [0.1, 0.15) is 5.82 Å². The molecule has 0 amide bonds. The Kier molecular flexibility index (Phi) is 5.00. The number of aryl methyl sites for hydroxylation is 1. The van der Waals surface area contributed by atoms with Crippen molar-refractivity contribution in [3.63, 3.8) is 0 Å². The summed E-state index contributed by atoms with van der Waals surface area (Å²) in [5, 5.41) is 0. The molecule has 102 valence electrons. The van der Waals surface area contributed by atoms with Crippen LogP contribution in [-0.2, 0) is 10.0 Å². The smallest absolute Gasteiger partial charge is 0.207 e. The van der Waals surface area contributed by atoms with Crippen molar-refractivity contribution in [3.8, 4) is 0 Å². The molecule has 7 heteroatoms. The van der Waals surface area contributed by atoms with Crippen LogP contribution in [-0.4, -0.2) is 25.7 Å². The van der Waals surface area contributed by atoms with Crippen molar-refractivity contribution < 1.29 is 12.8 Å². The van der Waals surface area contributed by atoms with E-state index in [1.807, 2.05) is 0 Å². The molecule has 0 atom stereocenters. The molecule has 1 aromatic rings. The van der Waals surface area contributed by atoms with Gasteiger partial charge in [-0.05, 0) is 37.6 Å². The monoisotopic (exact) mass is 313 g/mol. The molecule has 3 nitrogen and oxygen atoms in total. The number of alkyl halides is 2. The first-order valence-electron chi connectivity index (χ1n) is 5.16. The van der Waals surface area contributed by atoms with Gasteiger partial charge in [0.15, 0.2) is 0 Å². The molecule has 1 rings (SSSR count). The molecule has 0 aliphatic rings. The third-order valence-electron chi connectivity index (χ3n) is 2.40. The number of rotatable bonds is 5. The average Bonchev–Trinajstić information content (AvgIpc) is 2.27. The lowest BCUT2D eigenvalue weighted by atomic mass is 10.1. The Morgan fingerprint density at radius 1 is 1.33 bits per heavy atom. The van der Waals surface area contributed by atoms with E-state index in [9.17, 15) is 12.8 Å². The third kappa shape index (κ3) is 3.57. The summed E-state index contributed by atoms with van der Waals surface area (Å²) >= 11 is 11.4. The lowest BCUT2D eigenvalue weighted by molar-refractivity contribution is 0.500. The fourth-order valence-electron chi connectivity index (χ4n) is 1.38. The zero-order chi connectivity index (χ0) is 14.0. The lowest BCUT2D eigenvalue weighted by Crippen LogP contribution is -2.49. The topological polar surface area (TPSA) is 46.2 Å². The first-order valence-corrected chi connectivity index (χ1v) is 7.71. The zero-order valence-corrected chi connectivity index (χ0v) is 12.3. The minimum absolute atomic E-state index is 0.0189. The predicted octanol–water partition coefficient (Wildman–Crippen LogP) is 2.65. The van der Waals surface area contributed by atoms with Crippen LogP contribution in [0.1, 0.15) is 12.5 Å². The number of nitrogens with one attached hydrogen (secondary N) is 1. The molecule has 0 heterocycles.